The largest absolute Gasteiger partial charge is 0.315 e. The summed E-state index contributed by atoms with van der Waals surface area (Å²) in [7, 11) is 1.74. The summed E-state index contributed by atoms with van der Waals surface area (Å²) >= 11 is 11.9. The second-order valence-corrected chi connectivity index (χ2v) is 4.72. The molecule has 0 radical (unpaired) electrons. The normalized spacial score (nSPS) is 10.6. The maximum atomic E-state index is 12.1. The number of halogens is 2. The van der Waals surface area contributed by atoms with E-state index in [4.69, 9.17) is 23.2 Å². The Labute approximate surface area is 109 Å². The van der Waals surface area contributed by atoms with E-state index in [1.807, 2.05) is 13.0 Å². The highest BCUT2D eigenvalue weighted by Crippen LogP contribution is 2.28. The molecule has 17 heavy (non-hydrogen) atoms. The minimum atomic E-state index is -0.0609. The van der Waals surface area contributed by atoms with Crippen LogP contribution in [0.4, 0.5) is 0 Å². The monoisotopic (exact) mass is 267 g/mol. The number of aryl methyl sites for hydroxylation is 1. The van der Waals surface area contributed by atoms with E-state index in [0.717, 1.165) is 5.69 Å². The molecular formula is C13H11Cl2NO. The van der Waals surface area contributed by atoms with Crippen molar-refractivity contribution in [2.24, 2.45) is 7.05 Å². The maximum absolute atomic E-state index is 12.1. The first kappa shape index (κ1) is 12.2. The van der Waals surface area contributed by atoms with E-state index in [1.54, 1.807) is 35.9 Å². The van der Waals surface area contributed by atoms with Gasteiger partial charge >= 0.3 is 0 Å². The Morgan fingerprint density at radius 1 is 1.06 bits per heavy atom. The predicted octanol–water partition coefficient (Wildman–Crippen LogP) is 3.67. The summed E-state index contributed by atoms with van der Waals surface area (Å²) in [5, 5.41) is 1.04. The zero-order chi connectivity index (χ0) is 12.6. The molecule has 0 amide bonds. The lowest BCUT2D eigenvalue weighted by atomic mass is 10.1. The van der Waals surface area contributed by atoms with E-state index in [-0.39, 0.29) is 5.56 Å². The van der Waals surface area contributed by atoms with Crippen molar-refractivity contribution in [3.63, 3.8) is 0 Å². The first-order chi connectivity index (χ1) is 8.00. The minimum absolute atomic E-state index is 0.0609. The third-order valence-corrected chi connectivity index (χ3v) is 3.32. The van der Waals surface area contributed by atoms with Gasteiger partial charge in [0.25, 0.3) is 5.56 Å². The Bertz CT molecular complexity index is 632. The molecule has 0 N–H and O–H groups in total. The number of hydrogen-bond donors (Lipinski definition) is 0. The van der Waals surface area contributed by atoms with Gasteiger partial charge in [-0.05, 0) is 31.2 Å². The maximum Gasteiger partial charge on any atom is 0.258 e. The number of aromatic nitrogens is 1. The Morgan fingerprint density at radius 3 is 2.35 bits per heavy atom. The fourth-order valence-electron chi connectivity index (χ4n) is 1.64. The van der Waals surface area contributed by atoms with Gasteiger partial charge in [0.05, 0.1) is 5.02 Å². The predicted molar refractivity (Wildman–Crippen MR) is 71.9 cm³/mol. The molecule has 1 aromatic carbocycles. The fourth-order valence-corrected chi connectivity index (χ4v) is 2.15. The number of benzene rings is 1. The van der Waals surface area contributed by atoms with Crippen molar-refractivity contribution in [1.29, 1.82) is 0 Å². The van der Waals surface area contributed by atoms with Crippen LogP contribution in [0.3, 0.4) is 0 Å². The van der Waals surface area contributed by atoms with Gasteiger partial charge in [-0.15, -0.1) is 0 Å². The Hall–Kier alpha value is -1.25. The molecule has 0 saturated carbocycles. The molecule has 0 unspecified atom stereocenters. The molecule has 2 nitrogen and oxygen atoms in total. The highest BCUT2D eigenvalue weighted by molar-refractivity contribution is 6.36. The quantitative estimate of drug-likeness (QED) is 0.773. The minimum Gasteiger partial charge on any atom is -0.315 e. The Morgan fingerprint density at radius 2 is 1.71 bits per heavy atom. The van der Waals surface area contributed by atoms with Crippen LogP contribution in [-0.4, -0.2) is 4.57 Å². The summed E-state index contributed by atoms with van der Waals surface area (Å²) in [6.45, 7) is 1.88. The molecule has 0 aliphatic rings. The average Bonchev–Trinajstić information content (AvgIpc) is 2.28. The lowest BCUT2D eigenvalue weighted by molar-refractivity contribution is 0.821. The van der Waals surface area contributed by atoms with E-state index in [9.17, 15) is 4.79 Å². The molecule has 0 bridgehead atoms. The lowest BCUT2D eigenvalue weighted by Gasteiger charge is -2.08. The van der Waals surface area contributed by atoms with Crippen LogP contribution in [0.2, 0.25) is 10.0 Å². The third kappa shape index (κ3) is 2.24. The molecule has 0 atom stereocenters. The van der Waals surface area contributed by atoms with E-state index < -0.39 is 0 Å². The molecule has 0 saturated heterocycles. The lowest BCUT2D eigenvalue weighted by Crippen LogP contribution is -2.20. The molecule has 1 heterocycles. The van der Waals surface area contributed by atoms with Crippen LogP contribution in [0, 0.1) is 6.92 Å². The van der Waals surface area contributed by atoms with Crippen LogP contribution < -0.4 is 5.56 Å². The Kier molecular flexibility index (Phi) is 3.27. The van der Waals surface area contributed by atoms with Crippen molar-refractivity contribution in [3.8, 4) is 11.1 Å². The first-order valence-corrected chi connectivity index (χ1v) is 5.88. The zero-order valence-corrected chi connectivity index (χ0v) is 11.0. The van der Waals surface area contributed by atoms with E-state index in [0.29, 0.717) is 21.2 Å². The molecule has 0 spiro atoms. The number of hydrogen-bond acceptors (Lipinski definition) is 1. The summed E-state index contributed by atoms with van der Waals surface area (Å²) in [6, 6.07) is 8.80. The van der Waals surface area contributed by atoms with E-state index >= 15 is 0 Å². The smallest absolute Gasteiger partial charge is 0.258 e. The van der Waals surface area contributed by atoms with Crippen LogP contribution in [0.15, 0.2) is 35.1 Å². The van der Waals surface area contributed by atoms with E-state index in [2.05, 4.69) is 0 Å². The molecule has 1 aromatic heterocycles. The summed E-state index contributed by atoms with van der Waals surface area (Å²) in [4.78, 5) is 12.1. The number of pyridine rings is 1. The van der Waals surface area contributed by atoms with Crippen LogP contribution in [-0.2, 0) is 7.05 Å². The van der Waals surface area contributed by atoms with E-state index in [1.165, 1.54) is 0 Å². The zero-order valence-electron chi connectivity index (χ0n) is 9.50. The van der Waals surface area contributed by atoms with Crippen LogP contribution in [0.25, 0.3) is 11.1 Å². The van der Waals surface area contributed by atoms with Crippen LogP contribution >= 0.6 is 23.2 Å². The van der Waals surface area contributed by atoms with Gasteiger partial charge in [-0.2, -0.15) is 0 Å². The van der Waals surface area contributed by atoms with Gasteiger partial charge in [-0.25, -0.2) is 0 Å². The topological polar surface area (TPSA) is 22.0 Å². The molecular weight excluding hydrogens is 257 g/mol. The SMILES string of the molecule is Cc1ccc(-c2ccc(Cl)cc2Cl)c(=O)n1C. The van der Waals surface area contributed by atoms with Gasteiger partial charge in [0.15, 0.2) is 0 Å². The van der Waals surface area contributed by atoms with Gasteiger partial charge in [0.2, 0.25) is 0 Å². The fraction of sp³-hybridized carbons (Fsp3) is 0.154. The van der Waals surface area contributed by atoms with Gasteiger partial charge < -0.3 is 4.57 Å². The first-order valence-electron chi connectivity index (χ1n) is 5.13. The molecule has 0 aliphatic heterocycles. The summed E-state index contributed by atoms with van der Waals surface area (Å²) in [5.41, 5.74) is 2.13. The number of rotatable bonds is 1. The summed E-state index contributed by atoms with van der Waals surface area (Å²) in [5.74, 6) is 0. The van der Waals surface area contributed by atoms with Gasteiger partial charge in [-0.3, -0.25) is 4.79 Å². The van der Waals surface area contributed by atoms with Crippen LogP contribution in [0.5, 0.6) is 0 Å². The standard InChI is InChI=1S/C13H11Cl2NO/c1-8-3-5-11(13(17)16(8)2)10-6-4-9(14)7-12(10)15/h3-7H,1-2H3. The van der Waals surface area contributed by atoms with Crippen molar-refractivity contribution in [3.05, 3.63) is 56.4 Å². The summed E-state index contributed by atoms with van der Waals surface area (Å²) in [6.07, 6.45) is 0. The summed E-state index contributed by atoms with van der Waals surface area (Å²) < 4.78 is 1.60. The average molecular weight is 268 g/mol. The van der Waals surface area contributed by atoms with Crippen molar-refractivity contribution < 1.29 is 0 Å². The second kappa shape index (κ2) is 4.55. The van der Waals surface area contributed by atoms with Crippen molar-refractivity contribution >= 4 is 23.2 Å². The highest BCUT2D eigenvalue weighted by Gasteiger charge is 2.09. The molecule has 0 aliphatic carbocycles. The van der Waals surface area contributed by atoms with Crippen molar-refractivity contribution in [2.75, 3.05) is 0 Å². The third-order valence-electron chi connectivity index (χ3n) is 2.78. The second-order valence-electron chi connectivity index (χ2n) is 3.88. The molecule has 4 heteroatoms. The molecule has 0 fully saturated rings. The van der Waals surface area contributed by atoms with Gasteiger partial charge in [0, 0.05) is 28.9 Å². The molecule has 88 valence electrons. The Balaban J connectivity index is 2.70. The van der Waals surface area contributed by atoms with Crippen LogP contribution in [0.1, 0.15) is 5.69 Å². The van der Waals surface area contributed by atoms with Crippen molar-refractivity contribution in [2.45, 2.75) is 6.92 Å². The highest BCUT2D eigenvalue weighted by atomic mass is 35.5. The molecule has 2 aromatic rings. The molecule has 2 rings (SSSR count). The number of nitrogens with zero attached hydrogens (tertiary/aromatic N) is 1. The van der Waals surface area contributed by atoms with Gasteiger partial charge in [0.1, 0.15) is 0 Å². The van der Waals surface area contributed by atoms with Crippen molar-refractivity contribution in [1.82, 2.24) is 4.57 Å². The van der Waals surface area contributed by atoms with Gasteiger partial charge in [-0.1, -0.05) is 29.3 Å².